The van der Waals surface area contributed by atoms with Crippen molar-refractivity contribution in [3.05, 3.63) is 162 Å². The van der Waals surface area contributed by atoms with Crippen molar-refractivity contribution < 1.29 is 4.79 Å². The molecule has 0 N–H and O–H groups in total. The van der Waals surface area contributed by atoms with Gasteiger partial charge in [0, 0.05) is 17.0 Å². The number of carbonyl (C=O) groups is 1. The monoisotopic (exact) mass is 484 g/mol. The predicted molar refractivity (Wildman–Crippen MR) is 156 cm³/mol. The molecule has 0 atom stereocenters. The molecule has 0 saturated carbocycles. The maximum atomic E-state index is 12.3. The molecule has 5 aromatic carbocycles. The van der Waals surface area contributed by atoms with Crippen molar-refractivity contribution in [3.63, 3.8) is 0 Å². The predicted octanol–water partition coefficient (Wildman–Crippen LogP) is 6.80. The van der Waals surface area contributed by atoms with Crippen LogP contribution in [0, 0.1) is 0 Å². The lowest BCUT2D eigenvalue weighted by molar-refractivity contribution is 0.103. The van der Waals surface area contributed by atoms with Crippen LogP contribution in [0.4, 0.5) is 0 Å². The fraction of sp³-hybridized carbons (Fsp3) is 0.0588. The highest BCUT2D eigenvalue weighted by Crippen LogP contribution is 2.41. The molecular weight excluding hydrogens is 455 g/mol. The van der Waals surface area contributed by atoms with Crippen molar-refractivity contribution in [2.45, 2.75) is 12.8 Å². The first-order chi connectivity index (χ1) is 17.6. The Morgan fingerprint density at radius 2 is 0.806 bits per heavy atom. The summed E-state index contributed by atoms with van der Waals surface area (Å²) in [5.74, 6) is 0.467. The summed E-state index contributed by atoms with van der Waals surface area (Å²) in [4.78, 5) is 12.3. The van der Waals surface area contributed by atoms with Crippen LogP contribution in [0.3, 0.4) is 0 Å². The van der Waals surface area contributed by atoms with Gasteiger partial charge in [0.25, 0.3) is 0 Å². The van der Waals surface area contributed by atoms with E-state index in [4.69, 9.17) is 6.30 Å². The fourth-order valence-corrected chi connectivity index (χ4v) is 7.91. The third kappa shape index (κ3) is 4.39. The molecule has 0 spiro atoms. The van der Waals surface area contributed by atoms with Crippen LogP contribution in [0.2, 0.25) is 0 Å². The van der Waals surface area contributed by atoms with Gasteiger partial charge in [0.05, 0.1) is 0 Å². The van der Waals surface area contributed by atoms with Crippen LogP contribution in [0.25, 0.3) is 0 Å². The lowest BCUT2D eigenvalue weighted by Crippen LogP contribution is -2.25. The summed E-state index contributed by atoms with van der Waals surface area (Å²) in [6.07, 6.45) is 4.69. The molecule has 1 aliphatic carbocycles. The molecule has 176 valence electrons. The number of hydrogen-bond acceptors (Lipinski definition) is 1. The molecule has 0 aliphatic heterocycles. The van der Waals surface area contributed by atoms with Gasteiger partial charge >= 0.3 is 0 Å². The second kappa shape index (κ2) is 10.4. The van der Waals surface area contributed by atoms with Crippen LogP contribution in [-0.2, 0) is 0 Å². The lowest BCUT2D eigenvalue weighted by Gasteiger charge is -2.26. The summed E-state index contributed by atoms with van der Waals surface area (Å²) in [5, 5.41) is 3.95. The Bertz CT molecular complexity index is 1370. The van der Waals surface area contributed by atoms with Gasteiger partial charge in [0.1, 0.15) is 0 Å². The van der Waals surface area contributed by atoms with E-state index in [1.807, 2.05) is 48.5 Å². The molecule has 0 unspecified atom stereocenters. The van der Waals surface area contributed by atoms with E-state index in [2.05, 4.69) is 97.9 Å². The summed E-state index contributed by atoms with van der Waals surface area (Å²) >= 11 is 0. The Kier molecular flexibility index (Phi) is 6.85. The van der Waals surface area contributed by atoms with Gasteiger partial charge in [-0.05, 0) is 33.9 Å². The highest BCUT2D eigenvalue weighted by atomic mass is 31.2. The Morgan fingerprint density at radius 3 is 1.17 bits per heavy atom. The lowest BCUT2D eigenvalue weighted by atomic mass is 9.78. The van der Waals surface area contributed by atoms with E-state index in [0.717, 1.165) is 22.3 Å². The number of hydrogen-bond donors (Lipinski definition) is 0. The second-order valence-electron chi connectivity index (χ2n) is 9.04. The van der Waals surface area contributed by atoms with Crippen molar-refractivity contribution in [2.24, 2.45) is 0 Å². The average molecular weight is 485 g/mol. The normalized spacial score (nSPS) is 12.6. The fourth-order valence-electron chi connectivity index (χ4n) is 4.97. The molecule has 0 saturated heterocycles. The number of carbonyl (C=O) groups excluding carboxylic acids is 1. The van der Waals surface area contributed by atoms with Crippen LogP contribution >= 0.6 is 6.89 Å². The van der Waals surface area contributed by atoms with Gasteiger partial charge in [0.15, 0.2) is 5.78 Å². The molecule has 0 bridgehead atoms. The molecule has 0 aromatic heterocycles. The maximum absolute atomic E-state index is 12.3. The van der Waals surface area contributed by atoms with E-state index in [1.54, 1.807) is 0 Å². The second-order valence-corrected chi connectivity index (χ2v) is 12.2. The third-order valence-electron chi connectivity index (χ3n) is 6.93. The van der Waals surface area contributed by atoms with Crippen molar-refractivity contribution >= 4 is 34.9 Å². The van der Waals surface area contributed by atoms with Gasteiger partial charge in [-0.25, -0.2) is 0 Å². The summed E-state index contributed by atoms with van der Waals surface area (Å²) in [7, 11) is 0. The Hall–Kier alpha value is -3.93. The first-order valence-corrected chi connectivity index (χ1v) is 14.2. The number of benzene rings is 5. The highest BCUT2D eigenvalue weighted by Gasteiger charge is 2.27. The zero-order valence-corrected chi connectivity index (χ0v) is 21.3. The number of ketones is 1. The molecule has 1 aliphatic rings. The van der Waals surface area contributed by atoms with E-state index in [-0.39, 0.29) is 5.78 Å². The molecule has 0 heterocycles. The standard InChI is InChI=1S/C19H17P.C15H12O/c1-20(17-11-5-2-6-12-17,18-13-7-3-8-14-18)19-15-9-4-10-16-19;1-10-11-6-2-4-8-13(11)15(16)14-9-5-3-7-12(10)14/h2-16H,1H2;2-10H,1H3. The smallest absolute Gasteiger partial charge is 0.193 e. The molecule has 2 heteroatoms. The maximum Gasteiger partial charge on any atom is 0.193 e. The van der Waals surface area contributed by atoms with Gasteiger partial charge in [0.2, 0.25) is 0 Å². The number of rotatable bonds is 3. The Balaban J connectivity index is 0.000000152. The van der Waals surface area contributed by atoms with E-state index < -0.39 is 6.89 Å². The minimum atomic E-state index is -1.78. The number of fused-ring (bicyclic) bond motifs is 2. The van der Waals surface area contributed by atoms with Crippen LogP contribution in [-0.4, -0.2) is 12.1 Å². The largest absolute Gasteiger partial charge is 0.289 e. The van der Waals surface area contributed by atoms with Crippen molar-refractivity contribution in [3.8, 4) is 0 Å². The molecule has 0 radical (unpaired) electrons. The van der Waals surface area contributed by atoms with Crippen molar-refractivity contribution in [1.82, 2.24) is 0 Å². The SMILES string of the molecule is C=P(c1ccccc1)(c1ccccc1)c1ccccc1.CC1c2ccccc2C(=O)c2ccccc21. The van der Waals surface area contributed by atoms with Gasteiger partial charge in [-0.3, -0.25) is 4.79 Å². The summed E-state index contributed by atoms with van der Waals surface area (Å²) in [6, 6.07) is 47.7. The zero-order valence-electron chi connectivity index (χ0n) is 20.4. The third-order valence-corrected chi connectivity index (χ3v) is 10.5. The quantitative estimate of drug-likeness (QED) is 0.258. The van der Waals surface area contributed by atoms with Gasteiger partial charge in [-0.15, -0.1) is 0 Å². The van der Waals surface area contributed by atoms with Crippen molar-refractivity contribution in [2.75, 3.05) is 0 Å². The van der Waals surface area contributed by atoms with Crippen molar-refractivity contribution in [1.29, 1.82) is 0 Å². The Morgan fingerprint density at radius 1 is 0.500 bits per heavy atom. The highest BCUT2D eigenvalue weighted by molar-refractivity contribution is 7.93. The van der Waals surface area contributed by atoms with Crippen LogP contribution in [0.5, 0.6) is 0 Å². The van der Waals surface area contributed by atoms with Crippen LogP contribution in [0.1, 0.15) is 39.9 Å². The molecule has 1 nitrogen and oxygen atoms in total. The van der Waals surface area contributed by atoms with E-state index in [9.17, 15) is 4.79 Å². The molecule has 5 aromatic rings. The summed E-state index contributed by atoms with van der Waals surface area (Å²) < 4.78 is 0. The van der Waals surface area contributed by atoms with Crippen LogP contribution < -0.4 is 15.9 Å². The molecular formula is C34H29OP. The summed E-state index contributed by atoms with van der Waals surface area (Å²) in [6.45, 7) is 0.380. The van der Waals surface area contributed by atoms with Crippen LogP contribution in [0.15, 0.2) is 140 Å². The Labute approximate surface area is 214 Å². The zero-order chi connectivity index (χ0) is 25.0. The summed E-state index contributed by atoms with van der Waals surface area (Å²) in [5.41, 5.74) is 4.00. The molecule has 6 rings (SSSR count). The van der Waals surface area contributed by atoms with Gasteiger partial charge < -0.3 is 0 Å². The molecule has 0 amide bonds. The topological polar surface area (TPSA) is 17.1 Å². The van der Waals surface area contributed by atoms with E-state index in [0.29, 0.717) is 5.92 Å². The minimum Gasteiger partial charge on any atom is -0.289 e. The van der Waals surface area contributed by atoms with Gasteiger partial charge in [-0.2, -0.15) is 0 Å². The van der Waals surface area contributed by atoms with E-state index >= 15 is 0 Å². The minimum absolute atomic E-state index is 0.157. The van der Waals surface area contributed by atoms with Gasteiger partial charge in [-0.1, -0.05) is 153 Å². The first-order valence-electron chi connectivity index (χ1n) is 12.2. The first kappa shape index (κ1) is 23.8. The molecule has 36 heavy (non-hydrogen) atoms. The average Bonchev–Trinajstić information content (AvgIpc) is 2.97. The molecule has 0 fully saturated rings. The van der Waals surface area contributed by atoms with E-state index in [1.165, 1.54) is 15.9 Å².